The second-order valence-electron chi connectivity index (χ2n) is 4.09. The highest BCUT2D eigenvalue weighted by atomic mass is 35.5. The lowest BCUT2D eigenvalue weighted by Crippen LogP contribution is -2.34. The minimum atomic E-state index is -3.57. The van der Waals surface area contributed by atoms with Crippen LogP contribution in [0.3, 0.4) is 0 Å². The fraction of sp³-hybridized carbons (Fsp3) is 0.500. The molecule has 7 heteroatoms. The van der Waals surface area contributed by atoms with Gasteiger partial charge in [0.2, 0.25) is 10.0 Å². The zero-order chi connectivity index (χ0) is 14.5. The molecule has 0 aliphatic heterocycles. The van der Waals surface area contributed by atoms with E-state index in [1.165, 1.54) is 18.2 Å². The maximum atomic E-state index is 12.1. The molecule has 19 heavy (non-hydrogen) atoms. The van der Waals surface area contributed by atoms with Crippen molar-refractivity contribution in [2.45, 2.75) is 31.4 Å². The van der Waals surface area contributed by atoms with Gasteiger partial charge in [0, 0.05) is 16.8 Å². The first-order chi connectivity index (χ1) is 8.90. The van der Waals surface area contributed by atoms with Crippen molar-refractivity contribution in [2.75, 3.05) is 11.5 Å². The van der Waals surface area contributed by atoms with Gasteiger partial charge in [-0.25, -0.2) is 13.1 Å². The van der Waals surface area contributed by atoms with Gasteiger partial charge in [-0.1, -0.05) is 18.5 Å². The van der Waals surface area contributed by atoms with Crippen LogP contribution in [0, 0.1) is 0 Å². The normalized spacial score (nSPS) is 13.5. The maximum Gasteiger partial charge on any atom is 0.240 e. The first-order valence-electron chi connectivity index (χ1n) is 5.90. The number of halogens is 1. The third-order valence-electron chi connectivity index (χ3n) is 2.43. The number of sulfonamides is 1. The van der Waals surface area contributed by atoms with Crippen LogP contribution in [0.5, 0.6) is 0 Å². The molecule has 0 aliphatic carbocycles. The number of thioether (sulfide) groups is 1. The molecule has 0 bridgehead atoms. The molecule has 0 saturated carbocycles. The van der Waals surface area contributed by atoms with Gasteiger partial charge >= 0.3 is 0 Å². The highest BCUT2D eigenvalue weighted by molar-refractivity contribution is 7.99. The summed E-state index contributed by atoms with van der Waals surface area (Å²) in [5, 5.41) is 9.46. The van der Waals surface area contributed by atoms with Crippen molar-refractivity contribution in [3.63, 3.8) is 0 Å². The SMILES string of the molecule is CCSCC(C)NS(=O)(=O)c1ccc(Cl)c(CO)c1. The quantitative estimate of drug-likeness (QED) is 0.807. The Bertz CT molecular complexity index is 520. The standard InChI is InChI=1S/C12H18ClNO3S2/c1-3-18-8-9(2)14-19(16,17)11-4-5-12(13)10(6-11)7-15/h4-6,9,14-15H,3,7-8H2,1-2H3. The topological polar surface area (TPSA) is 66.4 Å². The average Bonchev–Trinajstić information content (AvgIpc) is 2.36. The van der Waals surface area contributed by atoms with Crippen molar-refractivity contribution in [3.8, 4) is 0 Å². The van der Waals surface area contributed by atoms with Crippen LogP contribution in [0.15, 0.2) is 23.1 Å². The second-order valence-corrected chi connectivity index (χ2v) is 7.53. The molecule has 0 aromatic heterocycles. The molecule has 0 radical (unpaired) electrons. The Hall–Kier alpha value is -0.270. The van der Waals surface area contributed by atoms with Gasteiger partial charge in [0.15, 0.2) is 0 Å². The number of hydrogen-bond acceptors (Lipinski definition) is 4. The Balaban J connectivity index is 2.88. The molecule has 0 fully saturated rings. The van der Waals surface area contributed by atoms with Gasteiger partial charge in [-0.05, 0) is 36.4 Å². The molecule has 1 aromatic rings. The molecule has 0 saturated heterocycles. The van der Waals surface area contributed by atoms with E-state index in [1.54, 1.807) is 11.8 Å². The summed E-state index contributed by atoms with van der Waals surface area (Å²) in [5.41, 5.74) is 0.403. The van der Waals surface area contributed by atoms with E-state index < -0.39 is 10.0 Å². The smallest absolute Gasteiger partial charge is 0.240 e. The summed E-state index contributed by atoms with van der Waals surface area (Å²) < 4.78 is 26.9. The van der Waals surface area contributed by atoms with Crippen LogP contribution in [0.2, 0.25) is 5.02 Å². The lowest BCUT2D eigenvalue weighted by molar-refractivity contribution is 0.281. The fourth-order valence-electron chi connectivity index (χ4n) is 1.50. The number of aliphatic hydroxyl groups excluding tert-OH is 1. The summed E-state index contributed by atoms with van der Waals surface area (Å²) in [6, 6.07) is 4.16. The van der Waals surface area contributed by atoms with Crippen LogP contribution in [0.25, 0.3) is 0 Å². The van der Waals surface area contributed by atoms with E-state index in [4.69, 9.17) is 16.7 Å². The third kappa shape index (κ3) is 4.96. The van der Waals surface area contributed by atoms with Crippen LogP contribution < -0.4 is 4.72 Å². The highest BCUT2D eigenvalue weighted by Crippen LogP contribution is 2.20. The number of rotatable bonds is 7. The Morgan fingerprint density at radius 3 is 2.74 bits per heavy atom. The highest BCUT2D eigenvalue weighted by Gasteiger charge is 2.18. The largest absolute Gasteiger partial charge is 0.392 e. The van der Waals surface area contributed by atoms with Gasteiger partial charge < -0.3 is 5.11 Å². The number of aliphatic hydroxyl groups is 1. The molecular weight excluding hydrogens is 306 g/mol. The second kappa shape index (κ2) is 7.50. The van der Waals surface area contributed by atoms with Crippen molar-refractivity contribution in [3.05, 3.63) is 28.8 Å². The van der Waals surface area contributed by atoms with Crippen LogP contribution in [0.1, 0.15) is 19.4 Å². The molecule has 0 spiro atoms. The van der Waals surface area contributed by atoms with Crippen molar-refractivity contribution >= 4 is 33.4 Å². The van der Waals surface area contributed by atoms with Crippen molar-refractivity contribution in [2.24, 2.45) is 0 Å². The van der Waals surface area contributed by atoms with Gasteiger partial charge in [-0.2, -0.15) is 11.8 Å². The van der Waals surface area contributed by atoms with E-state index in [0.29, 0.717) is 10.6 Å². The van der Waals surface area contributed by atoms with Crippen molar-refractivity contribution < 1.29 is 13.5 Å². The van der Waals surface area contributed by atoms with Crippen LogP contribution in [-0.2, 0) is 16.6 Å². The summed E-state index contributed by atoms with van der Waals surface area (Å²) in [6.45, 7) is 3.56. The Morgan fingerprint density at radius 2 is 2.16 bits per heavy atom. The Labute approximate surface area is 123 Å². The van der Waals surface area contributed by atoms with Gasteiger partial charge in [0.25, 0.3) is 0 Å². The molecule has 0 aliphatic rings. The number of hydrogen-bond donors (Lipinski definition) is 2. The molecule has 2 N–H and O–H groups in total. The maximum absolute atomic E-state index is 12.1. The molecule has 0 amide bonds. The number of nitrogens with one attached hydrogen (secondary N) is 1. The molecule has 1 atom stereocenters. The lowest BCUT2D eigenvalue weighted by Gasteiger charge is -2.14. The summed E-state index contributed by atoms with van der Waals surface area (Å²) >= 11 is 7.52. The van der Waals surface area contributed by atoms with Gasteiger partial charge in [-0.15, -0.1) is 0 Å². The predicted octanol–water partition coefficient (Wildman–Crippen LogP) is 2.25. The minimum Gasteiger partial charge on any atom is -0.392 e. The van der Waals surface area contributed by atoms with Gasteiger partial charge in [-0.3, -0.25) is 0 Å². The first kappa shape index (κ1) is 16.8. The van der Waals surface area contributed by atoms with E-state index in [9.17, 15) is 8.42 Å². The molecule has 1 unspecified atom stereocenters. The van der Waals surface area contributed by atoms with E-state index in [0.717, 1.165) is 11.5 Å². The zero-order valence-corrected chi connectivity index (χ0v) is 13.3. The lowest BCUT2D eigenvalue weighted by atomic mass is 10.2. The number of benzene rings is 1. The molecular formula is C12H18ClNO3S2. The zero-order valence-electron chi connectivity index (χ0n) is 10.9. The Kier molecular flexibility index (Phi) is 6.62. The fourth-order valence-corrected chi connectivity index (χ4v) is 3.75. The minimum absolute atomic E-state index is 0.120. The van der Waals surface area contributed by atoms with Crippen LogP contribution in [0.4, 0.5) is 0 Å². The molecule has 4 nitrogen and oxygen atoms in total. The summed E-state index contributed by atoms with van der Waals surface area (Å²) in [6.07, 6.45) is 0. The molecule has 1 aromatic carbocycles. The first-order valence-corrected chi connectivity index (χ1v) is 8.91. The van der Waals surface area contributed by atoms with Crippen LogP contribution in [-0.4, -0.2) is 31.1 Å². The van der Waals surface area contributed by atoms with Crippen molar-refractivity contribution in [1.29, 1.82) is 0 Å². The third-order valence-corrected chi connectivity index (χ3v) is 5.53. The van der Waals surface area contributed by atoms with Crippen LogP contribution >= 0.6 is 23.4 Å². The molecule has 1 rings (SSSR count). The van der Waals surface area contributed by atoms with E-state index in [1.807, 2.05) is 13.8 Å². The molecule has 108 valence electrons. The Morgan fingerprint density at radius 1 is 1.47 bits per heavy atom. The monoisotopic (exact) mass is 323 g/mol. The summed E-state index contributed by atoms with van der Waals surface area (Å²) in [5.74, 6) is 1.66. The van der Waals surface area contributed by atoms with Crippen molar-refractivity contribution in [1.82, 2.24) is 4.72 Å². The van der Waals surface area contributed by atoms with Gasteiger partial charge in [0.05, 0.1) is 11.5 Å². The van der Waals surface area contributed by atoms with E-state index in [2.05, 4.69) is 4.72 Å². The average molecular weight is 324 g/mol. The summed E-state index contributed by atoms with van der Waals surface area (Å²) in [4.78, 5) is 0.120. The summed E-state index contributed by atoms with van der Waals surface area (Å²) in [7, 11) is -3.57. The van der Waals surface area contributed by atoms with Gasteiger partial charge in [0.1, 0.15) is 0 Å². The molecule has 0 heterocycles. The predicted molar refractivity (Wildman–Crippen MR) is 80.2 cm³/mol. The van der Waals surface area contributed by atoms with E-state index >= 15 is 0 Å². The van der Waals surface area contributed by atoms with E-state index in [-0.39, 0.29) is 17.5 Å².